The number of carbonyl (C=O) groups is 2. The summed E-state index contributed by atoms with van der Waals surface area (Å²) < 4.78 is 60.0. The number of methoxy groups -OCH3 is 2. The van der Waals surface area contributed by atoms with Crippen molar-refractivity contribution in [2.45, 2.75) is 37.5 Å². The number of ether oxygens (including phenoxy) is 5. The predicted octanol–water partition coefficient (Wildman–Crippen LogP) is 3.95. The Bertz CT molecular complexity index is 2030. The standard InChI is InChI=1S/C35H45N5O11S/c1-6-14-49-23-16-24(50-15-8-7-13-39(2)22-33(41)36-12-11-34(42)43)18-25(17-23)51-31-21-29-27(37-35(44)40(29)3)20-28(31)38-52(45,46)26-9-10-30(47-4)32(19-26)48-5/h9-10,16-21,38H,6-8,11-15,22H2,1-5H3,(H,36,41)(H,37,44)(H,42,43). The van der Waals surface area contributed by atoms with Crippen molar-refractivity contribution in [2.75, 3.05) is 58.8 Å². The Morgan fingerprint density at radius 3 is 2.29 bits per heavy atom. The number of carboxylic acids is 1. The Morgan fingerprint density at radius 2 is 1.62 bits per heavy atom. The molecule has 0 aliphatic carbocycles. The van der Waals surface area contributed by atoms with Crippen LogP contribution in [0.15, 0.2) is 58.2 Å². The van der Waals surface area contributed by atoms with E-state index >= 15 is 0 Å². The molecule has 0 bridgehead atoms. The lowest BCUT2D eigenvalue weighted by molar-refractivity contribution is -0.136. The van der Waals surface area contributed by atoms with Gasteiger partial charge in [0.25, 0.3) is 10.0 Å². The lowest BCUT2D eigenvalue weighted by Gasteiger charge is -2.17. The number of fused-ring (bicyclic) bond motifs is 1. The molecule has 0 fully saturated rings. The second-order valence-electron chi connectivity index (χ2n) is 11.9. The first kappa shape index (κ1) is 39.4. The van der Waals surface area contributed by atoms with Crippen LogP contribution < -0.4 is 39.4 Å². The van der Waals surface area contributed by atoms with Gasteiger partial charge in [0.15, 0.2) is 17.2 Å². The van der Waals surface area contributed by atoms with Gasteiger partial charge in [0.2, 0.25) is 5.91 Å². The maximum absolute atomic E-state index is 13.6. The van der Waals surface area contributed by atoms with Crippen molar-refractivity contribution in [3.63, 3.8) is 0 Å². The van der Waals surface area contributed by atoms with Crippen LogP contribution in [0.4, 0.5) is 5.69 Å². The number of aromatic amines is 1. The number of amides is 1. The van der Waals surface area contributed by atoms with Gasteiger partial charge >= 0.3 is 11.7 Å². The molecule has 0 spiro atoms. The molecule has 16 nitrogen and oxygen atoms in total. The summed E-state index contributed by atoms with van der Waals surface area (Å²) in [6, 6.07) is 12.3. The summed E-state index contributed by atoms with van der Waals surface area (Å²) >= 11 is 0. The van der Waals surface area contributed by atoms with Gasteiger partial charge in [0, 0.05) is 43.9 Å². The summed E-state index contributed by atoms with van der Waals surface area (Å²) in [7, 11) is 2.05. The fourth-order valence-electron chi connectivity index (χ4n) is 5.09. The Hall–Kier alpha value is -5.42. The summed E-state index contributed by atoms with van der Waals surface area (Å²) in [5, 5.41) is 11.3. The van der Waals surface area contributed by atoms with E-state index in [1.807, 2.05) is 11.8 Å². The van der Waals surface area contributed by atoms with Gasteiger partial charge in [0.1, 0.15) is 17.2 Å². The molecule has 0 saturated heterocycles. The van der Waals surface area contributed by atoms with Gasteiger partial charge in [-0.25, -0.2) is 13.2 Å². The van der Waals surface area contributed by atoms with Gasteiger partial charge in [0.05, 0.1) is 62.0 Å². The van der Waals surface area contributed by atoms with Gasteiger partial charge in [-0.1, -0.05) is 6.92 Å². The quantitative estimate of drug-likeness (QED) is 0.0898. The van der Waals surface area contributed by atoms with Crippen molar-refractivity contribution in [2.24, 2.45) is 7.05 Å². The number of hydrogen-bond acceptors (Lipinski definition) is 11. The van der Waals surface area contributed by atoms with E-state index in [0.29, 0.717) is 60.2 Å². The molecule has 0 radical (unpaired) electrons. The number of likely N-dealkylation sites (N-methyl/N-ethyl adjacent to an activating group) is 1. The highest BCUT2D eigenvalue weighted by Crippen LogP contribution is 2.38. The van der Waals surface area contributed by atoms with E-state index in [9.17, 15) is 22.8 Å². The second-order valence-corrected chi connectivity index (χ2v) is 13.5. The van der Waals surface area contributed by atoms with Crippen LogP contribution in [0.25, 0.3) is 11.0 Å². The second kappa shape index (κ2) is 18.2. The first-order valence-electron chi connectivity index (χ1n) is 16.6. The number of carboxylic acid groups (broad SMARTS) is 1. The molecule has 52 heavy (non-hydrogen) atoms. The Kier molecular flexibility index (Phi) is 13.8. The number of aromatic nitrogens is 2. The van der Waals surface area contributed by atoms with Crippen LogP contribution in [0, 0.1) is 0 Å². The molecule has 0 saturated carbocycles. The molecule has 0 aliphatic rings. The fraction of sp³-hybridized carbons (Fsp3) is 0.400. The van der Waals surface area contributed by atoms with E-state index in [0.717, 1.165) is 12.8 Å². The number of H-pyrrole nitrogens is 1. The van der Waals surface area contributed by atoms with E-state index < -0.39 is 21.7 Å². The number of rotatable bonds is 21. The third kappa shape index (κ3) is 10.8. The molecular weight excluding hydrogens is 698 g/mol. The third-order valence-corrected chi connectivity index (χ3v) is 9.11. The molecule has 0 unspecified atom stereocenters. The van der Waals surface area contributed by atoms with Gasteiger partial charge in [-0.05, 0) is 51.1 Å². The normalized spacial score (nSPS) is 11.3. The van der Waals surface area contributed by atoms with Crippen LogP contribution in [0.2, 0.25) is 0 Å². The Morgan fingerprint density at radius 1 is 0.923 bits per heavy atom. The number of carbonyl (C=O) groups excluding carboxylic acids is 1. The smallest absolute Gasteiger partial charge is 0.326 e. The zero-order valence-corrected chi connectivity index (χ0v) is 30.6. The van der Waals surface area contributed by atoms with Crippen LogP contribution in [0.5, 0.6) is 34.5 Å². The number of aryl methyl sites for hydroxylation is 1. The highest BCUT2D eigenvalue weighted by Gasteiger charge is 2.22. The minimum Gasteiger partial charge on any atom is -0.493 e. The highest BCUT2D eigenvalue weighted by molar-refractivity contribution is 7.92. The van der Waals surface area contributed by atoms with E-state index in [1.54, 1.807) is 38.4 Å². The summed E-state index contributed by atoms with van der Waals surface area (Å²) in [6.45, 7) is 3.61. The first-order chi connectivity index (χ1) is 24.8. The maximum atomic E-state index is 13.6. The summed E-state index contributed by atoms with van der Waals surface area (Å²) in [4.78, 5) is 39.6. The van der Waals surface area contributed by atoms with E-state index in [4.69, 9.17) is 28.8 Å². The third-order valence-electron chi connectivity index (χ3n) is 7.75. The highest BCUT2D eigenvalue weighted by atomic mass is 32.2. The fourth-order valence-corrected chi connectivity index (χ4v) is 6.16. The minimum absolute atomic E-state index is 0.0613. The van der Waals surface area contributed by atoms with E-state index in [1.165, 1.54) is 43.1 Å². The topological polar surface area (TPSA) is 200 Å². The number of benzene rings is 3. The van der Waals surface area contributed by atoms with Gasteiger partial charge in [-0.3, -0.25) is 23.8 Å². The molecule has 17 heteroatoms. The molecule has 0 atom stereocenters. The average Bonchev–Trinajstić information content (AvgIpc) is 3.37. The van der Waals surface area contributed by atoms with Crippen molar-refractivity contribution in [3.05, 3.63) is 59.0 Å². The van der Waals surface area contributed by atoms with Crippen molar-refractivity contribution in [1.29, 1.82) is 0 Å². The monoisotopic (exact) mass is 743 g/mol. The number of anilines is 1. The number of imidazole rings is 1. The average molecular weight is 744 g/mol. The summed E-state index contributed by atoms with van der Waals surface area (Å²) in [5.41, 5.74) is 0.535. The van der Waals surface area contributed by atoms with Crippen molar-refractivity contribution in [3.8, 4) is 34.5 Å². The number of nitrogens with one attached hydrogen (secondary N) is 3. The minimum atomic E-state index is -4.18. The zero-order chi connectivity index (χ0) is 37.8. The summed E-state index contributed by atoms with van der Waals surface area (Å²) in [6.07, 6.45) is 2.02. The van der Waals surface area contributed by atoms with Crippen molar-refractivity contribution in [1.82, 2.24) is 19.8 Å². The zero-order valence-electron chi connectivity index (χ0n) is 29.8. The molecule has 1 aromatic heterocycles. The molecule has 0 aliphatic heterocycles. The lowest BCUT2D eigenvalue weighted by Crippen LogP contribution is -2.36. The molecule has 1 heterocycles. The van der Waals surface area contributed by atoms with Crippen LogP contribution in [-0.4, -0.2) is 94.0 Å². The number of aliphatic carboxylic acids is 1. The molecule has 1 amide bonds. The molecule has 282 valence electrons. The lowest BCUT2D eigenvalue weighted by atomic mass is 10.2. The SMILES string of the molecule is CCCOc1cc(OCCCCN(C)CC(=O)NCCC(=O)O)cc(Oc2cc3c(cc2NS(=O)(=O)c2ccc(OC)c(OC)c2)[nH]c(=O)n3C)c1. The van der Waals surface area contributed by atoms with E-state index in [-0.39, 0.29) is 47.5 Å². The number of hydrogen-bond donors (Lipinski definition) is 4. The molecule has 3 aromatic carbocycles. The Labute approximate surface area is 301 Å². The molecule has 4 N–H and O–H groups in total. The largest absolute Gasteiger partial charge is 0.493 e. The molecule has 4 rings (SSSR count). The number of unbranched alkanes of at least 4 members (excludes halogenated alkanes) is 1. The maximum Gasteiger partial charge on any atom is 0.326 e. The summed E-state index contributed by atoms with van der Waals surface area (Å²) in [5.74, 6) is 0.712. The molecular formula is C35H45N5O11S. The van der Waals surface area contributed by atoms with Crippen LogP contribution in [0.3, 0.4) is 0 Å². The van der Waals surface area contributed by atoms with Crippen LogP contribution in [0.1, 0.15) is 32.6 Å². The van der Waals surface area contributed by atoms with Crippen LogP contribution >= 0.6 is 0 Å². The Balaban J connectivity index is 1.52. The predicted molar refractivity (Wildman–Crippen MR) is 194 cm³/mol. The first-order valence-corrected chi connectivity index (χ1v) is 18.0. The van der Waals surface area contributed by atoms with Crippen LogP contribution in [-0.2, 0) is 26.7 Å². The number of sulfonamides is 1. The van der Waals surface area contributed by atoms with E-state index in [2.05, 4.69) is 15.0 Å². The molecule has 4 aromatic rings. The number of nitrogens with zero attached hydrogens (tertiary/aromatic N) is 2. The van der Waals surface area contributed by atoms with Crippen molar-refractivity contribution >= 4 is 38.6 Å². The van der Waals surface area contributed by atoms with Crippen molar-refractivity contribution < 1.29 is 46.8 Å². The van der Waals surface area contributed by atoms with Gasteiger partial charge in [-0.15, -0.1) is 0 Å². The van der Waals surface area contributed by atoms with Gasteiger partial charge < -0.3 is 39.1 Å². The van der Waals surface area contributed by atoms with Gasteiger partial charge in [-0.2, -0.15) is 0 Å².